The Morgan fingerprint density at radius 3 is 2.88 bits per heavy atom. The first kappa shape index (κ1) is 16.9. The highest BCUT2D eigenvalue weighted by Crippen LogP contribution is 2.35. The van der Waals surface area contributed by atoms with Gasteiger partial charge in [0.05, 0.1) is 11.0 Å². The molecule has 0 aliphatic carbocycles. The molecule has 1 fully saturated rings. The Labute approximate surface area is 145 Å². The molecule has 0 radical (unpaired) electrons. The molecule has 1 aliphatic heterocycles. The molecule has 132 valence electrons. The minimum Gasteiger partial charge on any atom is -0.378 e. The fraction of sp³-hybridized carbons (Fsp3) is 0.412. The van der Waals surface area contributed by atoms with Gasteiger partial charge in [-0.1, -0.05) is 12.1 Å². The lowest BCUT2D eigenvalue weighted by atomic mass is 10.0. The van der Waals surface area contributed by atoms with Crippen molar-refractivity contribution < 1.29 is 9.72 Å². The van der Waals surface area contributed by atoms with E-state index < -0.39 is 10.8 Å². The van der Waals surface area contributed by atoms with Crippen molar-refractivity contribution in [3.05, 3.63) is 51.3 Å². The van der Waals surface area contributed by atoms with Crippen LogP contribution in [-0.2, 0) is 0 Å². The first-order valence-electron chi connectivity index (χ1n) is 8.17. The normalized spacial score (nSPS) is 16.9. The van der Waals surface area contributed by atoms with Gasteiger partial charge >= 0.3 is 5.69 Å². The summed E-state index contributed by atoms with van der Waals surface area (Å²) in [5.41, 5.74) is 2.03. The highest BCUT2D eigenvalue weighted by molar-refractivity contribution is 5.97. The van der Waals surface area contributed by atoms with Crippen molar-refractivity contribution in [1.29, 1.82) is 0 Å². The summed E-state index contributed by atoms with van der Waals surface area (Å²) in [6.45, 7) is 2.11. The lowest BCUT2D eigenvalue weighted by molar-refractivity contribution is -0.385. The zero-order valence-electron chi connectivity index (χ0n) is 14.5. The van der Waals surface area contributed by atoms with Gasteiger partial charge in [0.1, 0.15) is 5.69 Å². The second kappa shape index (κ2) is 6.54. The summed E-state index contributed by atoms with van der Waals surface area (Å²) in [4.78, 5) is 27.3. The molecule has 1 atom stereocenters. The van der Waals surface area contributed by atoms with Crippen LogP contribution in [-0.4, -0.2) is 46.6 Å². The van der Waals surface area contributed by atoms with Crippen LogP contribution >= 0.6 is 0 Å². The van der Waals surface area contributed by atoms with Gasteiger partial charge in [-0.15, -0.1) is 0 Å². The van der Waals surface area contributed by atoms with Crippen molar-refractivity contribution in [2.45, 2.75) is 25.8 Å². The Balaban J connectivity index is 1.93. The van der Waals surface area contributed by atoms with Crippen LogP contribution in [0, 0.1) is 17.0 Å². The third-order valence-corrected chi connectivity index (χ3v) is 4.59. The van der Waals surface area contributed by atoms with Gasteiger partial charge in [-0.3, -0.25) is 20.0 Å². The number of rotatable bonds is 4. The van der Waals surface area contributed by atoms with Crippen LogP contribution in [0.3, 0.4) is 0 Å². The quantitative estimate of drug-likeness (QED) is 0.680. The number of anilines is 1. The Hall–Kier alpha value is -2.90. The monoisotopic (exact) mass is 343 g/mol. The molecule has 3 rings (SSSR count). The number of nitro groups is 1. The number of aryl methyl sites for hydroxylation is 1. The second-order valence-corrected chi connectivity index (χ2v) is 6.45. The van der Waals surface area contributed by atoms with Crippen LogP contribution in [0.1, 0.15) is 40.6 Å². The van der Waals surface area contributed by atoms with Crippen molar-refractivity contribution in [2.75, 3.05) is 25.5 Å². The van der Waals surface area contributed by atoms with Gasteiger partial charge < -0.3 is 9.80 Å². The molecular formula is C17H21N5O3. The van der Waals surface area contributed by atoms with E-state index in [1.165, 1.54) is 0 Å². The maximum Gasteiger partial charge on any atom is 0.322 e. The molecule has 2 heterocycles. The van der Waals surface area contributed by atoms with E-state index in [0.29, 0.717) is 12.2 Å². The molecule has 25 heavy (non-hydrogen) atoms. The zero-order chi connectivity index (χ0) is 18.1. The average molecular weight is 343 g/mol. The Bertz CT molecular complexity index is 814. The number of H-pyrrole nitrogens is 1. The van der Waals surface area contributed by atoms with Gasteiger partial charge in [-0.25, -0.2) is 0 Å². The van der Waals surface area contributed by atoms with Gasteiger partial charge in [-0.2, -0.15) is 5.10 Å². The SMILES string of the molecule is Cc1[nH]nc(C(=O)N2CCC[C@@H]2c2cccc(N(C)C)c2)c1[N+](=O)[O-]. The van der Waals surface area contributed by atoms with Crippen LogP contribution in [0.25, 0.3) is 0 Å². The Morgan fingerprint density at radius 2 is 2.20 bits per heavy atom. The van der Waals surface area contributed by atoms with E-state index in [2.05, 4.69) is 16.3 Å². The predicted molar refractivity (Wildman–Crippen MR) is 93.8 cm³/mol. The summed E-state index contributed by atoms with van der Waals surface area (Å²) in [7, 11) is 3.93. The summed E-state index contributed by atoms with van der Waals surface area (Å²) < 4.78 is 0. The number of aromatic nitrogens is 2. The number of aromatic amines is 1. The van der Waals surface area contributed by atoms with Gasteiger partial charge in [0.15, 0.2) is 0 Å². The maximum atomic E-state index is 12.9. The number of benzene rings is 1. The first-order chi connectivity index (χ1) is 11.9. The number of nitrogens with one attached hydrogen (secondary N) is 1. The highest BCUT2D eigenvalue weighted by Gasteiger charge is 2.36. The van der Waals surface area contributed by atoms with Crippen molar-refractivity contribution in [2.24, 2.45) is 0 Å². The number of carbonyl (C=O) groups is 1. The topological polar surface area (TPSA) is 95.4 Å². The minimum absolute atomic E-state index is 0.0935. The number of amides is 1. The molecule has 1 N–H and O–H groups in total. The molecule has 8 nitrogen and oxygen atoms in total. The van der Waals surface area contributed by atoms with Crippen LogP contribution in [0.2, 0.25) is 0 Å². The van der Waals surface area contributed by atoms with E-state index in [1.54, 1.807) is 11.8 Å². The molecule has 1 aliphatic rings. The van der Waals surface area contributed by atoms with Crippen molar-refractivity contribution >= 4 is 17.3 Å². The highest BCUT2D eigenvalue weighted by atomic mass is 16.6. The fourth-order valence-corrected chi connectivity index (χ4v) is 3.30. The van der Waals surface area contributed by atoms with E-state index >= 15 is 0 Å². The Kier molecular flexibility index (Phi) is 4.43. The molecule has 1 amide bonds. The summed E-state index contributed by atoms with van der Waals surface area (Å²) in [6, 6.07) is 7.93. The lowest BCUT2D eigenvalue weighted by Crippen LogP contribution is -2.31. The molecule has 0 spiro atoms. The lowest BCUT2D eigenvalue weighted by Gasteiger charge is -2.25. The number of nitrogens with zero attached hydrogens (tertiary/aromatic N) is 4. The largest absolute Gasteiger partial charge is 0.378 e. The Morgan fingerprint density at radius 1 is 1.44 bits per heavy atom. The summed E-state index contributed by atoms with van der Waals surface area (Å²) in [5, 5.41) is 17.7. The maximum absolute atomic E-state index is 12.9. The van der Waals surface area contributed by atoms with Crippen LogP contribution in [0.5, 0.6) is 0 Å². The third kappa shape index (κ3) is 3.07. The molecule has 1 saturated heterocycles. The molecule has 0 unspecified atom stereocenters. The van der Waals surface area contributed by atoms with E-state index in [0.717, 1.165) is 24.1 Å². The predicted octanol–water partition coefficient (Wildman–Crippen LogP) is 2.67. The van der Waals surface area contributed by atoms with E-state index in [-0.39, 0.29) is 17.4 Å². The van der Waals surface area contributed by atoms with Crippen LogP contribution < -0.4 is 4.90 Å². The van der Waals surface area contributed by atoms with Gasteiger partial charge in [0, 0.05) is 26.3 Å². The van der Waals surface area contributed by atoms with Gasteiger partial charge in [-0.05, 0) is 37.5 Å². The number of hydrogen-bond acceptors (Lipinski definition) is 5. The summed E-state index contributed by atoms with van der Waals surface area (Å²) in [6.07, 6.45) is 1.69. The average Bonchev–Trinajstić information content (AvgIpc) is 3.20. The number of hydrogen-bond donors (Lipinski definition) is 1. The molecule has 1 aromatic carbocycles. The fourth-order valence-electron chi connectivity index (χ4n) is 3.30. The standard InChI is InChI=1S/C17H21N5O3/c1-11-16(22(24)25)15(19-18-11)17(23)21-9-5-8-14(21)12-6-4-7-13(10-12)20(2)3/h4,6-7,10,14H,5,8-9H2,1-3H3,(H,18,19)/t14-/m1/s1. The van der Waals surface area contributed by atoms with Gasteiger partial charge in [0.2, 0.25) is 5.69 Å². The van der Waals surface area contributed by atoms with E-state index in [9.17, 15) is 14.9 Å². The van der Waals surface area contributed by atoms with Crippen LogP contribution in [0.4, 0.5) is 11.4 Å². The van der Waals surface area contributed by atoms with E-state index in [1.807, 2.05) is 37.2 Å². The molecule has 0 saturated carbocycles. The molecule has 8 heteroatoms. The molecular weight excluding hydrogens is 322 g/mol. The summed E-state index contributed by atoms with van der Waals surface area (Å²) >= 11 is 0. The number of likely N-dealkylation sites (tertiary alicyclic amines) is 1. The molecule has 0 bridgehead atoms. The van der Waals surface area contributed by atoms with Gasteiger partial charge in [0.25, 0.3) is 5.91 Å². The number of carbonyl (C=O) groups excluding carboxylic acids is 1. The minimum atomic E-state index is -0.552. The first-order valence-corrected chi connectivity index (χ1v) is 8.17. The van der Waals surface area contributed by atoms with Crippen molar-refractivity contribution in [3.8, 4) is 0 Å². The smallest absolute Gasteiger partial charge is 0.322 e. The third-order valence-electron chi connectivity index (χ3n) is 4.59. The van der Waals surface area contributed by atoms with Crippen molar-refractivity contribution in [1.82, 2.24) is 15.1 Å². The van der Waals surface area contributed by atoms with Crippen LogP contribution in [0.15, 0.2) is 24.3 Å². The van der Waals surface area contributed by atoms with E-state index in [4.69, 9.17) is 0 Å². The molecule has 1 aromatic heterocycles. The zero-order valence-corrected chi connectivity index (χ0v) is 14.5. The molecule has 2 aromatic rings. The van der Waals surface area contributed by atoms with Crippen molar-refractivity contribution in [3.63, 3.8) is 0 Å². The second-order valence-electron chi connectivity index (χ2n) is 6.45. The summed E-state index contributed by atoms with van der Waals surface area (Å²) in [5.74, 6) is -0.395.